The lowest BCUT2D eigenvalue weighted by Gasteiger charge is -2.38. The van der Waals surface area contributed by atoms with Gasteiger partial charge in [0, 0.05) is 19.3 Å². The van der Waals surface area contributed by atoms with E-state index in [2.05, 4.69) is 29.2 Å². The van der Waals surface area contributed by atoms with Gasteiger partial charge in [-0.2, -0.15) is 0 Å². The summed E-state index contributed by atoms with van der Waals surface area (Å²) in [5, 5.41) is 0. The third-order valence-electron chi connectivity index (χ3n) is 5.94. The molecule has 0 saturated carbocycles. The summed E-state index contributed by atoms with van der Waals surface area (Å²) in [6.45, 7) is 1.12. The smallest absolute Gasteiger partial charge is 0.240 e. The van der Waals surface area contributed by atoms with E-state index in [-0.39, 0.29) is 11.9 Å². The molecule has 31 heavy (non-hydrogen) atoms. The third-order valence-corrected chi connectivity index (χ3v) is 5.94. The van der Waals surface area contributed by atoms with Gasteiger partial charge in [-0.05, 0) is 47.4 Å². The molecule has 4 rings (SSSR count). The van der Waals surface area contributed by atoms with Crippen molar-refractivity contribution in [1.82, 2.24) is 4.90 Å². The summed E-state index contributed by atoms with van der Waals surface area (Å²) in [5.74, 6) is 1.51. The van der Waals surface area contributed by atoms with Crippen molar-refractivity contribution in [3.05, 3.63) is 89.5 Å². The maximum absolute atomic E-state index is 13.2. The molecule has 0 radical (unpaired) electrons. The zero-order chi connectivity index (χ0) is 21.8. The Balaban J connectivity index is 1.69. The Morgan fingerprint density at radius 1 is 0.968 bits per heavy atom. The summed E-state index contributed by atoms with van der Waals surface area (Å²) < 4.78 is 11.1. The summed E-state index contributed by atoms with van der Waals surface area (Å²) in [4.78, 5) is 17.1. The molecule has 1 aliphatic heterocycles. The highest BCUT2D eigenvalue weighted by Gasteiger charge is 2.32. The summed E-state index contributed by atoms with van der Waals surface area (Å²) in [6, 6.07) is 24.2. The molecule has 0 aromatic heterocycles. The first-order chi connectivity index (χ1) is 15.1. The van der Waals surface area contributed by atoms with Crippen molar-refractivity contribution < 1.29 is 14.3 Å². The quantitative estimate of drug-likeness (QED) is 0.600. The fraction of sp³-hybridized carbons (Fsp3) is 0.269. The molecule has 0 spiro atoms. The number of carbonyl (C=O) groups excluding carboxylic acids is 1. The zero-order valence-corrected chi connectivity index (χ0v) is 18.2. The molecule has 0 saturated heterocycles. The number of para-hydroxylation sites is 1. The van der Waals surface area contributed by atoms with Crippen molar-refractivity contribution in [3.8, 4) is 11.5 Å². The van der Waals surface area contributed by atoms with Crippen molar-refractivity contribution in [2.24, 2.45) is 0 Å². The van der Waals surface area contributed by atoms with Gasteiger partial charge < -0.3 is 14.4 Å². The number of hydrogen-bond acceptors (Lipinski definition) is 4. The first-order valence-electron chi connectivity index (χ1n) is 10.5. The Morgan fingerprint density at radius 3 is 2.23 bits per heavy atom. The number of nitrogens with zero attached hydrogens (tertiary/aromatic N) is 2. The summed E-state index contributed by atoms with van der Waals surface area (Å²) in [6.07, 6.45) is 0.849. The topological polar surface area (TPSA) is 42.0 Å². The first kappa shape index (κ1) is 20.9. The Labute approximate surface area is 183 Å². The van der Waals surface area contributed by atoms with Crippen LogP contribution in [0, 0.1) is 0 Å². The molecule has 3 aromatic rings. The van der Waals surface area contributed by atoms with Crippen LogP contribution in [0.3, 0.4) is 0 Å². The molecule has 1 aliphatic rings. The Hall–Kier alpha value is -3.31. The van der Waals surface area contributed by atoms with E-state index in [1.807, 2.05) is 55.6 Å². The average molecular weight is 417 g/mol. The highest BCUT2D eigenvalue weighted by atomic mass is 16.5. The number of hydrogen-bond donors (Lipinski definition) is 0. The van der Waals surface area contributed by atoms with E-state index < -0.39 is 0 Å². The number of fused-ring (bicyclic) bond motifs is 1. The lowest BCUT2D eigenvalue weighted by molar-refractivity contribution is -0.119. The van der Waals surface area contributed by atoms with Crippen LogP contribution < -0.4 is 14.4 Å². The van der Waals surface area contributed by atoms with Crippen molar-refractivity contribution in [2.75, 3.05) is 39.3 Å². The number of methoxy groups -OCH3 is 2. The highest BCUT2D eigenvalue weighted by molar-refractivity contribution is 5.94. The maximum Gasteiger partial charge on any atom is 0.240 e. The molecule has 160 valence electrons. The van der Waals surface area contributed by atoms with E-state index in [4.69, 9.17) is 9.47 Å². The van der Waals surface area contributed by atoms with Crippen LogP contribution in [0.5, 0.6) is 11.5 Å². The molecular formula is C26H28N2O3. The molecule has 1 atom stereocenters. The van der Waals surface area contributed by atoms with Crippen LogP contribution in [0.15, 0.2) is 72.8 Å². The van der Waals surface area contributed by atoms with E-state index in [1.54, 1.807) is 19.1 Å². The predicted molar refractivity (Wildman–Crippen MR) is 123 cm³/mol. The minimum absolute atomic E-state index is 0.0297. The second kappa shape index (κ2) is 9.23. The fourth-order valence-electron chi connectivity index (χ4n) is 4.27. The summed E-state index contributed by atoms with van der Waals surface area (Å²) in [5.41, 5.74) is 4.44. The number of rotatable bonds is 6. The van der Waals surface area contributed by atoms with Crippen LogP contribution in [0.25, 0.3) is 0 Å². The molecule has 1 heterocycles. The molecular weight excluding hydrogens is 388 g/mol. The van der Waals surface area contributed by atoms with Crippen LogP contribution in [0.4, 0.5) is 5.69 Å². The van der Waals surface area contributed by atoms with E-state index in [1.165, 1.54) is 5.56 Å². The number of carbonyl (C=O) groups is 1. The SMILES string of the molecule is COc1cc2c(cc1OC)C(c1ccccc1)N(CC(=O)N(C)c1ccccc1)CC2. The molecule has 3 aromatic carbocycles. The Kier molecular flexibility index (Phi) is 6.23. The van der Waals surface area contributed by atoms with Gasteiger partial charge in [-0.3, -0.25) is 9.69 Å². The minimum atomic E-state index is -0.0297. The van der Waals surface area contributed by atoms with Crippen LogP contribution >= 0.6 is 0 Å². The summed E-state index contributed by atoms with van der Waals surface area (Å²) in [7, 11) is 5.15. The molecule has 1 amide bonds. The third kappa shape index (κ3) is 4.28. The average Bonchev–Trinajstić information content (AvgIpc) is 2.83. The number of amides is 1. The number of likely N-dealkylation sites (N-methyl/N-ethyl adjacent to an activating group) is 1. The van der Waals surface area contributed by atoms with Gasteiger partial charge in [0.2, 0.25) is 5.91 Å². The molecule has 0 bridgehead atoms. The Bertz CT molecular complexity index is 1040. The van der Waals surface area contributed by atoms with Crippen molar-refractivity contribution in [1.29, 1.82) is 0 Å². The molecule has 0 aliphatic carbocycles. The molecule has 1 unspecified atom stereocenters. The zero-order valence-electron chi connectivity index (χ0n) is 18.2. The van der Waals surface area contributed by atoms with Gasteiger partial charge in [0.1, 0.15) is 0 Å². The van der Waals surface area contributed by atoms with Crippen molar-refractivity contribution in [2.45, 2.75) is 12.5 Å². The lowest BCUT2D eigenvalue weighted by atomic mass is 9.87. The van der Waals surface area contributed by atoms with Gasteiger partial charge in [0.15, 0.2) is 11.5 Å². The molecule has 5 nitrogen and oxygen atoms in total. The van der Waals surface area contributed by atoms with Crippen LogP contribution in [0.1, 0.15) is 22.7 Å². The maximum atomic E-state index is 13.2. The number of benzene rings is 3. The van der Waals surface area contributed by atoms with Crippen LogP contribution in [-0.4, -0.2) is 45.2 Å². The molecule has 0 fully saturated rings. The summed E-state index contributed by atoms with van der Waals surface area (Å²) >= 11 is 0. The Morgan fingerprint density at radius 2 is 1.58 bits per heavy atom. The van der Waals surface area contributed by atoms with Crippen molar-refractivity contribution >= 4 is 11.6 Å². The molecule has 5 heteroatoms. The van der Waals surface area contributed by atoms with Gasteiger partial charge >= 0.3 is 0 Å². The largest absolute Gasteiger partial charge is 0.493 e. The van der Waals surface area contributed by atoms with E-state index in [0.717, 1.165) is 35.5 Å². The van der Waals surface area contributed by atoms with E-state index >= 15 is 0 Å². The standard InChI is InChI=1S/C26H28N2O3/c1-27(21-12-8-5-9-13-21)25(29)18-28-15-14-20-16-23(30-2)24(31-3)17-22(20)26(28)19-10-6-4-7-11-19/h4-13,16-17,26H,14-15,18H2,1-3H3. The van der Waals surface area contributed by atoms with Crippen LogP contribution in [0.2, 0.25) is 0 Å². The van der Waals surface area contributed by atoms with Gasteiger partial charge in [-0.25, -0.2) is 0 Å². The van der Waals surface area contributed by atoms with E-state index in [0.29, 0.717) is 12.3 Å². The normalized spacial score (nSPS) is 15.8. The first-order valence-corrected chi connectivity index (χ1v) is 10.5. The van der Waals surface area contributed by atoms with Gasteiger partial charge in [0.05, 0.1) is 26.8 Å². The lowest BCUT2D eigenvalue weighted by Crippen LogP contribution is -2.43. The fourth-order valence-corrected chi connectivity index (χ4v) is 4.27. The number of ether oxygens (including phenoxy) is 2. The van der Waals surface area contributed by atoms with E-state index in [9.17, 15) is 4.79 Å². The van der Waals surface area contributed by atoms with Gasteiger partial charge in [-0.1, -0.05) is 48.5 Å². The van der Waals surface area contributed by atoms with Crippen molar-refractivity contribution in [3.63, 3.8) is 0 Å². The van der Waals surface area contributed by atoms with Crippen LogP contribution in [-0.2, 0) is 11.2 Å². The van der Waals surface area contributed by atoms with Gasteiger partial charge in [-0.15, -0.1) is 0 Å². The highest BCUT2D eigenvalue weighted by Crippen LogP contribution is 2.40. The monoisotopic (exact) mass is 416 g/mol. The second-order valence-electron chi connectivity index (χ2n) is 7.73. The number of anilines is 1. The minimum Gasteiger partial charge on any atom is -0.493 e. The molecule has 0 N–H and O–H groups in total. The predicted octanol–water partition coefficient (Wildman–Crippen LogP) is 4.31. The second-order valence-corrected chi connectivity index (χ2v) is 7.73. The van der Waals surface area contributed by atoms with Gasteiger partial charge in [0.25, 0.3) is 0 Å².